The maximum atomic E-state index is 12.2. The number of carbonyl (C=O) groups excluding carboxylic acids is 1. The quantitative estimate of drug-likeness (QED) is 0.725. The summed E-state index contributed by atoms with van der Waals surface area (Å²) in [5.74, 6) is 0.823. The molecule has 0 spiro atoms. The number of hydrogen-bond donors (Lipinski definition) is 2. The third-order valence-corrected chi connectivity index (χ3v) is 3.62. The number of aromatic nitrogens is 3. The van der Waals surface area contributed by atoms with Gasteiger partial charge < -0.3 is 15.2 Å². The van der Waals surface area contributed by atoms with Crippen LogP contribution in [0.5, 0.6) is 0 Å². The topological polar surface area (TPSA) is 92.9 Å². The fourth-order valence-electron chi connectivity index (χ4n) is 1.90. The number of anilines is 3. The fourth-order valence-corrected chi connectivity index (χ4v) is 2.39. The van der Waals surface area contributed by atoms with E-state index in [4.69, 9.17) is 27.7 Å². The van der Waals surface area contributed by atoms with Gasteiger partial charge in [0, 0.05) is 12.1 Å². The van der Waals surface area contributed by atoms with E-state index in [9.17, 15) is 4.79 Å². The molecule has 0 saturated heterocycles. The van der Waals surface area contributed by atoms with Crippen molar-refractivity contribution >= 4 is 46.4 Å². The van der Waals surface area contributed by atoms with E-state index in [0.29, 0.717) is 33.1 Å². The number of amides is 1. The number of carbonyl (C=O) groups is 1. The van der Waals surface area contributed by atoms with Crippen LogP contribution in [0.4, 0.5) is 17.3 Å². The van der Waals surface area contributed by atoms with Crippen LogP contribution in [0.2, 0.25) is 10.0 Å². The summed E-state index contributed by atoms with van der Waals surface area (Å²) in [5, 5.41) is 10.1. The average molecular weight is 364 g/mol. The Hall–Kier alpha value is -2.64. The minimum absolute atomic E-state index is 0.149. The lowest BCUT2D eigenvalue weighted by Crippen LogP contribution is -2.14. The van der Waals surface area contributed by atoms with Gasteiger partial charge in [-0.25, -0.2) is 9.97 Å². The van der Waals surface area contributed by atoms with Gasteiger partial charge in [0.05, 0.1) is 15.7 Å². The molecule has 0 saturated carbocycles. The summed E-state index contributed by atoms with van der Waals surface area (Å²) >= 11 is 12.2. The fraction of sp³-hybridized carbons (Fsp3) is 0.0667. The number of nitrogens with one attached hydrogen (secondary N) is 2. The molecule has 2 heterocycles. The Morgan fingerprint density at radius 2 is 1.88 bits per heavy atom. The molecule has 1 amide bonds. The largest absolute Gasteiger partial charge is 0.360 e. The van der Waals surface area contributed by atoms with E-state index in [-0.39, 0.29) is 5.69 Å². The maximum Gasteiger partial charge on any atom is 0.275 e. The average Bonchev–Trinajstić information content (AvgIpc) is 2.96. The minimum atomic E-state index is -0.445. The third-order valence-electron chi connectivity index (χ3n) is 2.99. The number of aryl methyl sites for hydroxylation is 1. The Bertz CT molecular complexity index is 877. The highest BCUT2D eigenvalue weighted by Gasteiger charge is 2.13. The van der Waals surface area contributed by atoms with E-state index in [1.165, 1.54) is 12.4 Å². The van der Waals surface area contributed by atoms with Crippen molar-refractivity contribution in [1.29, 1.82) is 0 Å². The minimum Gasteiger partial charge on any atom is -0.360 e. The molecule has 3 aromatic rings. The van der Waals surface area contributed by atoms with Crippen molar-refractivity contribution in [3.8, 4) is 0 Å². The van der Waals surface area contributed by atoms with Crippen LogP contribution in [-0.4, -0.2) is 21.0 Å². The smallest absolute Gasteiger partial charge is 0.275 e. The molecular weight excluding hydrogens is 353 g/mol. The third kappa shape index (κ3) is 3.64. The van der Waals surface area contributed by atoms with Gasteiger partial charge in [0.2, 0.25) is 0 Å². The highest BCUT2D eigenvalue weighted by molar-refractivity contribution is 6.39. The molecule has 0 radical (unpaired) electrons. The van der Waals surface area contributed by atoms with E-state index in [0.717, 1.165) is 0 Å². The summed E-state index contributed by atoms with van der Waals surface area (Å²) in [6.45, 7) is 1.72. The van der Waals surface area contributed by atoms with Gasteiger partial charge in [-0.3, -0.25) is 4.79 Å². The van der Waals surface area contributed by atoms with Crippen molar-refractivity contribution in [2.75, 3.05) is 10.6 Å². The van der Waals surface area contributed by atoms with Gasteiger partial charge in [0.1, 0.15) is 23.6 Å². The number of nitrogens with zero attached hydrogens (tertiary/aromatic N) is 3. The lowest BCUT2D eigenvalue weighted by Gasteiger charge is -2.10. The van der Waals surface area contributed by atoms with Crippen molar-refractivity contribution in [3.63, 3.8) is 0 Å². The normalized spacial score (nSPS) is 10.5. The summed E-state index contributed by atoms with van der Waals surface area (Å²) < 4.78 is 4.89. The van der Waals surface area contributed by atoms with E-state index in [1.54, 1.807) is 31.2 Å². The molecule has 0 fully saturated rings. The molecular formula is C15H11Cl2N5O2. The number of halogens is 2. The van der Waals surface area contributed by atoms with Crippen molar-refractivity contribution in [2.45, 2.75) is 6.92 Å². The zero-order valence-electron chi connectivity index (χ0n) is 12.4. The first kappa shape index (κ1) is 16.2. The van der Waals surface area contributed by atoms with Crippen LogP contribution in [0.3, 0.4) is 0 Å². The summed E-state index contributed by atoms with van der Waals surface area (Å²) in [6, 6.07) is 8.19. The highest BCUT2D eigenvalue weighted by Crippen LogP contribution is 2.31. The predicted octanol–water partition coefficient (Wildman–Crippen LogP) is 4.08. The van der Waals surface area contributed by atoms with E-state index in [2.05, 4.69) is 25.8 Å². The van der Waals surface area contributed by atoms with Crippen LogP contribution < -0.4 is 10.6 Å². The first-order chi connectivity index (χ1) is 11.5. The van der Waals surface area contributed by atoms with Crippen LogP contribution in [0.1, 0.15) is 16.2 Å². The molecule has 3 rings (SSSR count). The van der Waals surface area contributed by atoms with E-state index < -0.39 is 5.91 Å². The number of benzene rings is 1. The number of para-hydroxylation sites is 1. The molecule has 0 unspecified atom stereocenters. The van der Waals surface area contributed by atoms with Gasteiger partial charge in [-0.05, 0) is 19.1 Å². The van der Waals surface area contributed by atoms with Crippen LogP contribution >= 0.6 is 23.2 Å². The Balaban J connectivity index is 1.80. The van der Waals surface area contributed by atoms with Gasteiger partial charge in [0.15, 0.2) is 5.82 Å². The second-order valence-corrected chi connectivity index (χ2v) is 5.60. The van der Waals surface area contributed by atoms with Gasteiger partial charge in [-0.15, -0.1) is 0 Å². The molecule has 0 aliphatic heterocycles. The van der Waals surface area contributed by atoms with Crippen molar-refractivity contribution < 1.29 is 9.32 Å². The lowest BCUT2D eigenvalue weighted by molar-refractivity contribution is 0.102. The van der Waals surface area contributed by atoms with Crippen molar-refractivity contribution in [3.05, 3.63) is 58.2 Å². The summed E-state index contributed by atoms with van der Waals surface area (Å²) in [4.78, 5) is 20.2. The van der Waals surface area contributed by atoms with Gasteiger partial charge >= 0.3 is 0 Å². The SMILES string of the molecule is Cc1cc(NC(=O)c2cc(Nc3c(Cl)cccc3Cl)ncn2)no1. The van der Waals surface area contributed by atoms with E-state index >= 15 is 0 Å². The molecule has 9 heteroatoms. The van der Waals surface area contributed by atoms with Crippen LogP contribution in [0, 0.1) is 6.92 Å². The molecule has 24 heavy (non-hydrogen) atoms. The molecule has 2 N–H and O–H groups in total. The summed E-state index contributed by atoms with van der Waals surface area (Å²) in [5.41, 5.74) is 0.648. The predicted molar refractivity (Wildman–Crippen MR) is 91.0 cm³/mol. The Kier molecular flexibility index (Phi) is 4.64. The number of rotatable bonds is 4. The first-order valence-electron chi connectivity index (χ1n) is 6.80. The standard InChI is InChI=1S/C15H11Cl2N5O2/c1-8-5-13(22-24-8)21-15(23)11-6-12(19-7-18-11)20-14-9(16)3-2-4-10(14)17/h2-7H,1H3,(H,18,19,20)(H,21,22,23). The zero-order valence-corrected chi connectivity index (χ0v) is 13.9. The maximum absolute atomic E-state index is 12.2. The van der Waals surface area contributed by atoms with E-state index in [1.807, 2.05) is 0 Å². The number of hydrogen-bond acceptors (Lipinski definition) is 6. The Morgan fingerprint density at radius 3 is 2.54 bits per heavy atom. The first-order valence-corrected chi connectivity index (χ1v) is 7.56. The van der Waals surface area contributed by atoms with Crippen molar-refractivity contribution in [2.24, 2.45) is 0 Å². The molecule has 0 atom stereocenters. The monoisotopic (exact) mass is 363 g/mol. The molecule has 2 aromatic heterocycles. The molecule has 122 valence electrons. The lowest BCUT2D eigenvalue weighted by atomic mass is 10.3. The molecule has 0 aliphatic rings. The molecule has 1 aromatic carbocycles. The second-order valence-electron chi connectivity index (χ2n) is 4.79. The van der Waals surface area contributed by atoms with Gasteiger partial charge in [0.25, 0.3) is 5.91 Å². The molecule has 7 nitrogen and oxygen atoms in total. The summed E-state index contributed by atoms with van der Waals surface area (Å²) in [7, 11) is 0. The van der Waals surface area contributed by atoms with Gasteiger partial charge in [-0.1, -0.05) is 34.4 Å². The van der Waals surface area contributed by atoms with Crippen LogP contribution in [0.15, 0.2) is 41.2 Å². The zero-order chi connectivity index (χ0) is 17.1. The van der Waals surface area contributed by atoms with Crippen LogP contribution in [0.25, 0.3) is 0 Å². The van der Waals surface area contributed by atoms with Gasteiger partial charge in [-0.2, -0.15) is 0 Å². The Morgan fingerprint density at radius 1 is 1.12 bits per heavy atom. The van der Waals surface area contributed by atoms with Crippen LogP contribution in [-0.2, 0) is 0 Å². The second kappa shape index (κ2) is 6.86. The Labute approximate surface area is 147 Å². The molecule has 0 bridgehead atoms. The van der Waals surface area contributed by atoms with Crippen molar-refractivity contribution in [1.82, 2.24) is 15.1 Å². The highest BCUT2D eigenvalue weighted by atomic mass is 35.5. The molecule has 0 aliphatic carbocycles. The summed E-state index contributed by atoms with van der Waals surface area (Å²) in [6.07, 6.45) is 1.26.